The highest BCUT2D eigenvalue weighted by molar-refractivity contribution is 6.30. The third-order valence-electron chi connectivity index (χ3n) is 2.06. The van der Waals surface area contributed by atoms with Crippen LogP contribution in [0.15, 0.2) is 30.6 Å². The molecule has 0 saturated heterocycles. The van der Waals surface area contributed by atoms with Gasteiger partial charge in [-0.2, -0.15) is 5.10 Å². The second kappa shape index (κ2) is 4.64. The number of aromatic nitrogens is 3. The molecule has 2 rings (SSSR count). The molecule has 0 radical (unpaired) electrons. The molecule has 0 unspecified atom stereocenters. The van der Waals surface area contributed by atoms with Gasteiger partial charge in [0.05, 0.1) is 12.4 Å². The van der Waals surface area contributed by atoms with E-state index in [1.165, 1.54) is 6.33 Å². The van der Waals surface area contributed by atoms with Crippen LogP contribution in [0.1, 0.15) is 11.4 Å². The van der Waals surface area contributed by atoms with E-state index < -0.39 is 0 Å². The number of rotatable bonds is 3. The van der Waals surface area contributed by atoms with E-state index in [-0.39, 0.29) is 0 Å². The summed E-state index contributed by atoms with van der Waals surface area (Å²) in [7, 11) is 0. The van der Waals surface area contributed by atoms with Gasteiger partial charge in [0.2, 0.25) is 0 Å². The van der Waals surface area contributed by atoms with Crippen LogP contribution in [0.4, 0.5) is 0 Å². The maximum atomic E-state index is 5.80. The van der Waals surface area contributed by atoms with E-state index in [4.69, 9.17) is 23.2 Å². The normalized spacial score (nSPS) is 10.5. The second-order valence-electron chi connectivity index (χ2n) is 3.09. The molecule has 2 aromatic rings. The molecular weight excluding hydrogens is 233 g/mol. The van der Waals surface area contributed by atoms with E-state index in [0.29, 0.717) is 12.4 Å². The van der Waals surface area contributed by atoms with E-state index in [9.17, 15) is 0 Å². The van der Waals surface area contributed by atoms with Crippen molar-refractivity contribution >= 4 is 23.2 Å². The van der Waals surface area contributed by atoms with E-state index in [1.807, 2.05) is 24.3 Å². The van der Waals surface area contributed by atoms with Gasteiger partial charge in [-0.3, -0.25) is 0 Å². The van der Waals surface area contributed by atoms with Crippen LogP contribution in [-0.2, 0) is 12.4 Å². The lowest BCUT2D eigenvalue weighted by Gasteiger charge is -2.03. The number of halogens is 2. The van der Waals surface area contributed by atoms with Gasteiger partial charge >= 0.3 is 0 Å². The summed E-state index contributed by atoms with van der Waals surface area (Å²) in [5, 5.41) is 4.82. The molecule has 0 spiro atoms. The van der Waals surface area contributed by atoms with Crippen LogP contribution < -0.4 is 0 Å². The van der Waals surface area contributed by atoms with Crippen LogP contribution in [0.5, 0.6) is 0 Å². The van der Waals surface area contributed by atoms with Gasteiger partial charge < -0.3 is 0 Å². The fourth-order valence-corrected chi connectivity index (χ4v) is 1.62. The zero-order valence-electron chi connectivity index (χ0n) is 7.90. The highest BCUT2D eigenvalue weighted by Gasteiger charge is 2.03. The monoisotopic (exact) mass is 241 g/mol. The summed E-state index contributed by atoms with van der Waals surface area (Å²) in [4.78, 5) is 4.04. The van der Waals surface area contributed by atoms with Gasteiger partial charge in [0.15, 0.2) is 0 Å². The molecule has 0 aliphatic heterocycles. The fourth-order valence-electron chi connectivity index (χ4n) is 1.29. The SMILES string of the molecule is ClCc1ncnn1Cc1ccc(Cl)cc1. The van der Waals surface area contributed by atoms with Gasteiger partial charge in [-0.15, -0.1) is 11.6 Å². The average molecular weight is 242 g/mol. The van der Waals surface area contributed by atoms with Crippen molar-refractivity contribution in [1.29, 1.82) is 0 Å². The predicted octanol–water partition coefficient (Wildman–Crippen LogP) is 2.72. The van der Waals surface area contributed by atoms with Crippen molar-refractivity contribution in [2.45, 2.75) is 12.4 Å². The van der Waals surface area contributed by atoms with Gasteiger partial charge in [-0.1, -0.05) is 23.7 Å². The Morgan fingerprint density at radius 3 is 2.60 bits per heavy atom. The van der Waals surface area contributed by atoms with E-state index in [0.717, 1.165) is 16.4 Å². The van der Waals surface area contributed by atoms with Crippen LogP contribution in [0.3, 0.4) is 0 Å². The highest BCUT2D eigenvalue weighted by atomic mass is 35.5. The average Bonchev–Trinajstić information content (AvgIpc) is 2.69. The number of benzene rings is 1. The molecule has 0 atom stereocenters. The summed E-state index contributed by atoms with van der Waals surface area (Å²) in [5.41, 5.74) is 1.12. The second-order valence-corrected chi connectivity index (χ2v) is 3.80. The zero-order valence-corrected chi connectivity index (χ0v) is 9.41. The lowest BCUT2D eigenvalue weighted by Crippen LogP contribution is -2.05. The largest absolute Gasteiger partial charge is 0.244 e. The minimum absolute atomic E-state index is 0.369. The first kappa shape index (κ1) is 10.5. The van der Waals surface area contributed by atoms with Crippen LogP contribution in [0.2, 0.25) is 5.02 Å². The van der Waals surface area contributed by atoms with Crippen LogP contribution in [-0.4, -0.2) is 14.8 Å². The summed E-state index contributed by atoms with van der Waals surface area (Å²) < 4.78 is 1.77. The molecule has 0 aliphatic carbocycles. The smallest absolute Gasteiger partial charge is 0.142 e. The van der Waals surface area contributed by atoms with Crippen molar-refractivity contribution in [2.24, 2.45) is 0 Å². The molecule has 15 heavy (non-hydrogen) atoms. The highest BCUT2D eigenvalue weighted by Crippen LogP contribution is 2.11. The minimum Gasteiger partial charge on any atom is -0.244 e. The Morgan fingerprint density at radius 2 is 1.93 bits per heavy atom. The maximum Gasteiger partial charge on any atom is 0.142 e. The van der Waals surface area contributed by atoms with Gasteiger partial charge in [0.1, 0.15) is 12.2 Å². The van der Waals surface area contributed by atoms with Gasteiger partial charge in [-0.05, 0) is 17.7 Å². The Kier molecular flexibility index (Phi) is 3.23. The molecule has 0 amide bonds. The van der Waals surface area contributed by atoms with Gasteiger partial charge in [0, 0.05) is 5.02 Å². The Hall–Kier alpha value is -1.06. The van der Waals surface area contributed by atoms with Crippen molar-refractivity contribution in [2.75, 3.05) is 0 Å². The fraction of sp³-hybridized carbons (Fsp3) is 0.200. The lowest BCUT2D eigenvalue weighted by atomic mass is 10.2. The lowest BCUT2D eigenvalue weighted by molar-refractivity contribution is 0.656. The third-order valence-corrected chi connectivity index (χ3v) is 2.55. The van der Waals surface area contributed by atoms with E-state index in [1.54, 1.807) is 4.68 Å². The first-order valence-electron chi connectivity index (χ1n) is 4.46. The first-order chi connectivity index (χ1) is 7.29. The molecule has 1 aromatic heterocycles. The van der Waals surface area contributed by atoms with Crippen LogP contribution in [0, 0.1) is 0 Å². The number of hydrogen-bond donors (Lipinski definition) is 0. The van der Waals surface area contributed by atoms with Gasteiger partial charge in [-0.25, -0.2) is 9.67 Å². The predicted molar refractivity (Wildman–Crippen MR) is 60.1 cm³/mol. The molecule has 3 nitrogen and oxygen atoms in total. The molecule has 5 heteroatoms. The molecule has 1 aromatic carbocycles. The molecule has 0 saturated carbocycles. The zero-order chi connectivity index (χ0) is 10.7. The standard InChI is InChI=1S/C10H9Cl2N3/c11-5-10-13-7-14-15(10)6-8-1-3-9(12)4-2-8/h1-4,7H,5-6H2. The Balaban J connectivity index is 2.18. The Bertz CT molecular complexity index is 436. The van der Waals surface area contributed by atoms with Crippen molar-refractivity contribution in [3.05, 3.63) is 47.0 Å². The third kappa shape index (κ3) is 2.49. The quantitative estimate of drug-likeness (QED) is 0.774. The van der Waals surface area contributed by atoms with Crippen molar-refractivity contribution in [3.63, 3.8) is 0 Å². The summed E-state index contributed by atoms with van der Waals surface area (Å²) >= 11 is 11.5. The molecule has 0 bridgehead atoms. The topological polar surface area (TPSA) is 30.7 Å². The van der Waals surface area contributed by atoms with E-state index in [2.05, 4.69) is 10.1 Å². The van der Waals surface area contributed by atoms with E-state index >= 15 is 0 Å². The molecule has 0 aliphatic rings. The van der Waals surface area contributed by atoms with Crippen molar-refractivity contribution in [3.8, 4) is 0 Å². The molecule has 78 valence electrons. The number of nitrogens with zero attached hydrogens (tertiary/aromatic N) is 3. The van der Waals surface area contributed by atoms with Crippen molar-refractivity contribution < 1.29 is 0 Å². The number of hydrogen-bond acceptors (Lipinski definition) is 2. The molecule has 1 heterocycles. The minimum atomic E-state index is 0.369. The summed E-state index contributed by atoms with van der Waals surface area (Å²) in [5.74, 6) is 1.14. The first-order valence-corrected chi connectivity index (χ1v) is 5.38. The molecule has 0 N–H and O–H groups in total. The summed E-state index contributed by atoms with van der Waals surface area (Å²) in [6.45, 7) is 0.666. The molecular formula is C10H9Cl2N3. The summed E-state index contributed by atoms with van der Waals surface area (Å²) in [6.07, 6.45) is 1.51. The number of alkyl halides is 1. The summed E-state index contributed by atoms with van der Waals surface area (Å²) in [6, 6.07) is 7.63. The van der Waals surface area contributed by atoms with Gasteiger partial charge in [0.25, 0.3) is 0 Å². The Morgan fingerprint density at radius 1 is 1.20 bits per heavy atom. The molecule has 0 fully saturated rings. The Labute approximate surface area is 97.7 Å². The van der Waals surface area contributed by atoms with Crippen LogP contribution >= 0.6 is 23.2 Å². The maximum absolute atomic E-state index is 5.80. The van der Waals surface area contributed by atoms with Crippen molar-refractivity contribution in [1.82, 2.24) is 14.8 Å². The van der Waals surface area contributed by atoms with Crippen LogP contribution in [0.25, 0.3) is 0 Å².